The molecular formula is C23H25N3O3S. The Morgan fingerprint density at radius 2 is 1.73 bits per heavy atom. The number of hydrogen-bond acceptors (Lipinski definition) is 4. The van der Waals surface area contributed by atoms with Crippen molar-refractivity contribution in [3.63, 3.8) is 0 Å². The number of nitriles is 1. The molecule has 1 aliphatic carbocycles. The molecule has 1 saturated heterocycles. The number of carbonyl (C=O) groups is 1. The van der Waals surface area contributed by atoms with Crippen LogP contribution in [0.15, 0.2) is 53.4 Å². The molecule has 1 heterocycles. The van der Waals surface area contributed by atoms with Gasteiger partial charge < -0.3 is 5.32 Å². The number of piperidine rings is 1. The van der Waals surface area contributed by atoms with Gasteiger partial charge in [0.15, 0.2) is 0 Å². The second-order valence-corrected chi connectivity index (χ2v) is 9.84. The highest BCUT2D eigenvalue weighted by Crippen LogP contribution is 2.31. The van der Waals surface area contributed by atoms with Crippen molar-refractivity contribution in [3.8, 4) is 6.07 Å². The fourth-order valence-corrected chi connectivity index (χ4v) is 6.09. The maximum atomic E-state index is 13.0. The molecule has 4 rings (SSSR count). The highest BCUT2D eigenvalue weighted by molar-refractivity contribution is 7.89. The number of sulfonamides is 1. The number of fused-ring (bicyclic) bond motifs is 1. The third kappa shape index (κ3) is 3.98. The Hall–Kier alpha value is -2.69. The molecule has 1 atom stereocenters. The van der Waals surface area contributed by atoms with Crippen molar-refractivity contribution in [1.82, 2.24) is 9.62 Å². The Balaban J connectivity index is 1.40. The monoisotopic (exact) mass is 423 g/mol. The van der Waals surface area contributed by atoms with Crippen LogP contribution < -0.4 is 5.32 Å². The molecule has 0 spiro atoms. The average Bonchev–Trinajstić information content (AvgIpc) is 2.79. The van der Waals surface area contributed by atoms with Crippen molar-refractivity contribution >= 4 is 15.9 Å². The zero-order chi connectivity index (χ0) is 21.1. The summed E-state index contributed by atoms with van der Waals surface area (Å²) in [7, 11) is -3.74. The van der Waals surface area contributed by atoms with E-state index in [-0.39, 0.29) is 41.4 Å². The van der Waals surface area contributed by atoms with Crippen molar-refractivity contribution in [2.45, 2.75) is 43.0 Å². The SMILES string of the molecule is N#Cc1ccccc1S(=O)(=O)N1CCC(C(=O)NC2CCCc3ccccc32)CC1. The Kier molecular flexibility index (Phi) is 5.89. The van der Waals surface area contributed by atoms with Gasteiger partial charge in [-0.15, -0.1) is 0 Å². The minimum absolute atomic E-state index is 0.00572. The molecule has 1 N–H and O–H groups in total. The van der Waals surface area contributed by atoms with Crippen LogP contribution in [0.1, 0.15) is 48.4 Å². The van der Waals surface area contributed by atoms with Gasteiger partial charge in [-0.3, -0.25) is 4.79 Å². The van der Waals surface area contributed by atoms with E-state index in [0.29, 0.717) is 12.8 Å². The molecule has 6 nitrogen and oxygen atoms in total. The number of aryl methyl sites for hydroxylation is 1. The lowest BCUT2D eigenvalue weighted by Gasteiger charge is -2.33. The van der Waals surface area contributed by atoms with Gasteiger partial charge in [-0.05, 0) is 55.4 Å². The van der Waals surface area contributed by atoms with Gasteiger partial charge in [0.25, 0.3) is 0 Å². The maximum absolute atomic E-state index is 13.0. The number of amides is 1. The van der Waals surface area contributed by atoms with E-state index in [4.69, 9.17) is 0 Å². The standard InChI is InChI=1S/C23H25N3O3S/c24-16-19-7-2-4-11-22(19)30(28,29)26-14-12-18(13-15-26)23(27)25-21-10-5-8-17-6-1-3-9-20(17)21/h1-4,6-7,9,11,18,21H,5,8,10,12-15H2,(H,25,27). The predicted molar refractivity (Wildman–Crippen MR) is 113 cm³/mol. The first-order chi connectivity index (χ1) is 14.5. The largest absolute Gasteiger partial charge is 0.349 e. The molecule has 2 aromatic rings. The summed E-state index contributed by atoms with van der Waals surface area (Å²) in [5.74, 6) is -0.192. The summed E-state index contributed by atoms with van der Waals surface area (Å²) in [6.45, 7) is 0.558. The van der Waals surface area contributed by atoms with E-state index in [2.05, 4.69) is 17.4 Å². The van der Waals surface area contributed by atoms with Gasteiger partial charge in [0, 0.05) is 19.0 Å². The van der Waals surface area contributed by atoms with Crippen molar-refractivity contribution in [2.75, 3.05) is 13.1 Å². The van der Waals surface area contributed by atoms with E-state index in [1.165, 1.54) is 27.6 Å². The van der Waals surface area contributed by atoms with Crippen molar-refractivity contribution in [1.29, 1.82) is 5.26 Å². The maximum Gasteiger partial charge on any atom is 0.244 e. The van der Waals surface area contributed by atoms with Crippen LogP contribution in [0.3, 0.4) is 0 Å². The van der Waals surface area contributed by atoms with Crippen LogP contribution in [-0.2, 0) is 21.2 Å². The van der Waals surface area contributed by atoms with Gasteiger partial charge in [-0.25, -0.2) is 8.42 Å². The number of nitrogens with one attached hydrogen (secondary N) is 1. The minimum atomic E-state index is -3.74. The summed E-state index contributed by atoms with van der Waals surface area (Å²) in [5.41, 5.74) is 2.64. The molecular weight excluding hydrogens is 398 g/mol. The summed E-state index contributed by atoms with van der Waals surface area (Å²) < 4.78 is 27.3. The van der Waals surface area contributed by atoms with Gasteiger partial charge in [0.2, 0.25) is 15.9 Å². The Morgan fingerprint density at radius 3 is 2.50 bits per heavy atom. The number of benzene rings is 2. The molecule has 7 heteroatoms. The Bertz CT molecular complexity index is 1080. The Labute approximate surface area is 177 Å². The molecule has 2 aromatic carbocycles. The van der Waals surface area contributed by atoms with Crippen LogP contribution in [0.5, 0.6) is 0 Å². The van der Waals surface area contributed by atoms with Crippen LogP contribution in [0.2, 0.25) is 0 Å². The van der Waals surface area contributed by atoms with Crippen molar-refractivity contribution in [3.05, 3.63) is 65.2 Å². The fraction of sp³-hybridized carbons (Fsp3) is 0.391. The first-order valence-electron chi connectivity index (χ1n) is 10.4. The van der Waals surface area contributed by atoms with Crippen LogP contribution >= 0.6 is 0 Å². The summed E-state index contributed by atoms with van der Waals surface area (Å²) in [5, 5.41) is 12.4. The zero-order valence-corrected chi connectivity index (χ0v) is 17.6. The smallest absolute Gasteiger partial charge is 0.244 e. The van der Waals surface area contributed by atoms with E-state index < -0.39 is 10.0 Å². The summed E-state index contributed by atoms with van der Waals surface area (Å²) in [6.07, 6.45) is 3.99. The van der Waals surface area contributed by atoms with Gasteiger partial charge in [0.1, 0.15) is 6.07 Å². The fourth-order valence-electron chi connectivity index (χ4n) is 4.47. The van der Waals surface area contributed by atoms with Crippen LogP contribution in [-0.4, -0.2) is 31.7 Å². The predicted octanol–water partition coefficient (Wildman–Crippen LogP) is 3.15. The first-order valence-corrected chi connectivity index (χ1v) is 11.8. The second kappa shape index (κ2) is 8.58. The molecule has 1 fully saturated rings. The number of rotatable bonds is 4. The van der Waals surface area contributed by atoms with Crippen LogP contribution in [0.25, 0.3) is 0 Å². The van der Waals surface area contributed by atoms with E-state index >= 15 is 0 Å². The third-order valence-electron chi connectivity index (χ3n) is 6.14. The summed E-state index contributed by atoms with van der Waals surface area (Å²) in [4.78, 5) is 12.9. The van der Waals surface area contributed by atoms with Crippen molar-refractivity contribution in [2.24, 2.45) is 5.92 Å². The quantitative estimate of drug-likeness (QED) is 0.818. The van der Waals surface area contributed by atoms with Gasteiger partial charge >= 0.3 is 0 Å². The molecule has 0 bridgehead atoms. The average molecular weight is 424 g/mol. The normalized spacial score (nSPS) is 20.2. The lowest BCUT2D eigenvalue weighted by Crippen LogP contribution is -2.44. The second-order valence-electron chi connectivity index (χ2n) is 7.94. The topological polar surface area (TPSA) is 90.3 Å². The Morgan fingerprint density at radius 1 is 1.03 bits per heavy atom. The van der Waals surface area contributed by atoms with E-state index in [9.17, 15) is 18.5 Å². The third-order valence-corrected chi connectivity index (χ3v) is 8.09. The minimum Gasteiger partial charge on any atom is -0.349 e. The summed E-state index contributed by atoms with van der Waals surface area (Å²) in [6, 6.07) is 16.5. The first kappa shape index (κ1) is 20.6. The van der Waals surface area contributed by atoms with Crippen LogP contribution in [0.4, 0.5) is 0 Å². The number of nitrogens with zero attached hydrogens (tertiary/aromatic N) is 2. The lowest BCUT2D eigenvalue weighted by atomic mass is 9.87. The lowest BCUT2D eigenvalue weighted by molar-refractivity contribution is -0.127. The van der Waals surface area contributed by atoms with Gasteiger partial charge in [-0.1, -0.05) is 36.4 Å². The van der Waals surface area contributed by atoms with E-state index in [0.717, 1.165) is 19.3 Å². The van der Waals surface area contributed by atoms with Gasteiger partial charge in [-0.2, -0.15) is 9.57 Å². The highest BCUT2D eigenvalue weighted by atomic mass is 32.2. The molecule has 0 radical (unpaired) electrons. The molecule has 1 unspecified atom stereocenters. The molecule has 156 valence electrons. The number of carbonyl (C=O) groups excluding carboxylic acids is 1. The number of hydrogen-bond donors (Lipinski definition) is 1. The molecule has 30 heavy (non-hydrogen) atoms. The molecule has 1 aliphatic heterocycles. The molecule has 0 aromatic heterocycles. The van der Waals surface area contributed by atoms with E-state index in [1.807, 2.05) is 18.2 Å². The van der Waals surface area contributed by atoms with Crippen molar-refractivity contribution < 1.29 is 13.2 Å². The summed E-state index contributed by atoms with van der Waals surface area (Å²) >= 11 is 0. The molecule has 2 aliphatic rings. The van der Waals surface area contributed by atoms with Gasteiger partial charge in [0.05, 0.1) is 16.5 Å². The molecule has 1 amide bonds. The van der Waals surface area contributed by atoms with E-state index in [1.54, 1.807) is 12.1 Å². The molecule has 0 saturated carbocycles. The van der Waals surface area contributed by atoms with Crippen LogP contribution in [0, 0.1) is 17.2 Å². The highest BCUT2D eigenvalue weighted by Gasteiger charge is 2.34. The zero-order valence-electron chi connectivity index (χ0n) is 16.8.